The van der Waals surface area contributed by atoms with Crippen LogP contribution in [0.3, 0.4) is 0 Å². The second-order valence-electron chi connectivity index (χ2n) is 4.86. The Kier molecular flexibility index (Phi) is 2.19. The molecule has 0 aliphatic heterocycles. The molecule has 0 saturated heterocycles. The highest BCUT2D eigenvalue weighted by molar-refractivity contribution is 5.80. The van der Waals surface area contributed by atoms with Crippen molar-refractivity contribution in [1.82, 2.24) is 0 Å². The Morgan fingerprint density at radius 1 is 1.00 bits per heavy atom. The molecule has 0 heteroatoms. The van der Waals surface area contributed by atoms with Crippen LogP contribution in [0.2, 0.25) is 0 Å². The average Bonchev–Trinajstić information content (AvgIpc) is 2.62. The molecule has 0 radical (unpaired) electrons. The van der Waals surface area contributed by atoms with Gasteiger partial charge in [0.1, 0.15) is 0 Å². The van der Waals surface area contributed by atoms with Crippen molar-refractivity contribution in [3.05, 3.63) is 65.2 Å². The van der Waals surface area contributed by atoms with Gasteiger partial charge in [-0.05, 0) is 40.8 Å². The molecule has 1 aliphatic carbocycles. The van der Waals surface area contributed by atoms with E-state index in [4.69, 9.17) is 0 Å². The summed E-state index contributed by atoms with van der Waals surface area (Å²) in [6, 6.07) is 13.4. The maximum absolute atomic E-state index is 3.85. The van der Waals surface area contributed by atoms with E-state index in [9.17, 15) is 0 Å². The van der Waals surface area contributed by atoms with Gasteiger partial charge in [0.05, 0.1) is 0 Å². The third-order valence-corrected chi connectivity index (χ3v) is 3.75. The lowest BCUT2D eigenvalue weighted by molar-refractivity contribution is 0.956. The molecule has 1 unspecified atom stereocenters. The zero-order valence-electron chi connectivity index (χ0n) is 10.3. The summed E-state index contributed by atoms with van der Waals surface area (Å²) in [7, 11) is 0. The van der Waals surface area contributed by atoms with Crippen LogP contribution in [0.25, 0.3) is 17.2 Å². The lowest BCUT2D eigenvalue weighted by Gasteiger charge is -2.05. The third-order valence-electron chi connectivity index (χ3n) is 3.75. The molecule has 0 nitrogen and oxygen atoms in total. The Morgan fingerprint density at radius 3 is 2.35 bits per heavy atom. The van der Waals surface area contributed by atoms with Crippen molar-refractivity contribution >= 4 is 6.08 Å². The van der Waals surface area contributed by atoms with Gasteiger partial charge in [0.25, 0.3) is 0 Å². The molecule has 17 heavy (non-hydrogen) atoms. The largest absolute Gasteiger partial charge is 0.0985 e. The van der Waals surface area contributed by atoms with Crippen LogP contribution in [0.1, 0.15) is 35.1 Å². The zero-order chi connectivity index (χ0) is 12.0. The number of rotatable bonds is 1. The molecule has 0 bridgehead atoms. The van der Waals surface area contributed by atoms with Crippen LogP contribution < -0.4 is 0 Å². The fourth-order valence-electron chi connectivity index (χ4n) is 2.76. The van der Waals surface area contributed by atoms with Crippen LogP contribution in [0.15, 0.2) is 43.0 Å². The van der Waals surface area contributed by atoms with Crippen LogP contribution >= 0.6 is 0 Å². The summed E-state index contributed by atoms with van der Waals surface area (Å²) in [6.07, 6.45) is 1.92. The normalized spacial score (nSPS) is 16.5. The molecular weight excluding hydrogens is 204 g/mol. The lowest BCUT2D eigenvalue weighted by atomic mass is 9.98. The van der Waals surface area contributed by atoms with E-state index in [1.54, 1.807) is 0 Å². The summed E-state index contributed by atoms with van der Waals surface area (Å²) < 4.78 is 0. The first-order valence-electron chi connectivity index (χ1n) is 6.08. The smallest absolute Gasteiger partial charge is 0.00733 e. The van der Waals surface area contributed by atoms with Crippen molar-refractivity contribution in [2.75, 3.05) is 0 Å². The molecule has 2 aromatic rings. The topological polar surface area (TPSA) is 0 Å². The molecule has 0 fully saturated rings. The third kappa shape index (κ3) is 1.44. The van der Waals surface area contributed by atoms with Crippen molar-refractivity contribution in [1.29, 1.82) is 0 Å². The van der Waals surface area contributed by atoms with E-state index >= 15 is 0 Å². The van der Waals surface area contributed by atoms with E-state index in [1.165, 1.54) is 33.4 Å². The van der Waals surface area contributed by atoms with Gasteiger partial charge in [0.2, 0.25) is 0 Å². The van der Waals surface area contributed by atoms with Crippen molar-refractivity contribution in [2.45, 2.75) is 19.8 Å². The highest BCUT2D eigenvalue weighted by Gasteiger charge is 2.24. The SMILES string of the molecule is C=Cc1ccc2c(c1)-c1cc(C)ccc1C2C. The van der Waals surface area contributed by atoms with Crippen molar-refractivity contribution < 1.29 is 0 Å². The molecule has 0 saturated carbocycles. The fourth-order valence-corrected chi connectivity index (χ4v) is 2.76. The molecule has 0 N–H and O–H groups in total. The number of aryl methyl sites for hydroxylation is 1. The molecule has 1 aliphatic rings. The van der Waals surface area contributed by atoms with Gasteiger partial charge in [-0.2, -0.15) is 0 Å². The second-order valence-corrected chi connectivity index (χ2v) is 4.86. The monoisotopic (exact) mass is 220 g/mol. The van der Waals surface area contributed by atoms with Crippen LogP contribution in [0.5, 0.6) is 0 Å². The number of hydrogen-bond donors (Lipinski definition) is 0. The quantitative estimate of drug-likeness (QED) is 0.649. The van der Waals surface area contributed by atoms with Crippen LogP contribution in [0.4, 0.5) is 0 Å². The summed E-state index contributed by atoms with van der Waals surface area (Å²) in [4.78, 5) is 0. The number of benzene rings is 2. The first kappa shape index (κ1) is 10.3. The van der Waals surface area contributed by atoms with E-state index in [0.29, 0.717) is 5.92 Å². The Labute approximate surface area is 103 Å². The summed E-state index contributed by atoms with van der Waals surface area (Å²) in [6.45, 7) is 8.29. The maximum Gasteiger partial charge on any atom is 0.00733 e. The van der Waals surface area contributed by atoms with Gasteiger partial charge in [0.15, 0.2) is 0 Å². The van der Waals surface area contributed by atoms with E-state index in [-0.39, 0.29) is 0 Å². The van der Waals surface area contributed by atoms with Gasteiger partial charge in [-0.3, -0.25) is 0 Å². The minimum atomic E-state index is 0.513. The lowest BCUT2D eigenvalue weighted by Crippen LogP contribution is -1.89. The molecule has 2 aromatic carbocycles. The van der Waals surface area contributed by atoms with Crippen LogP contribution in [-0.4, -0.2) is 0 Å². The molecule has 3 rings (SSSR count). The Bertz CT molecular complexity index is 605. The van der Waals surface area contributed by atoms with E-state index in [2.05, 4.69) is 56.8 Å². The summed E-state index contributed by atoms with van der Waals surface area (Å²) in [5.41, 5.74) is 8.20. The van der Waals surface area contributed by atoms with Crippen molar-refractivity contribution in [2.24, 2.45) is 0 Å². The summed E-state index contributed by atoms with van der Waals surface area (Å²) in [5, 5.41) is 0. The van der Waals surface area contributed by atoms with Crippen molar-refractivity contribution in [3.8, 4) is 11.1 Å². The minimum absolute atomic E-state index is 0.513. The Hall–Kier alpha value is -1.82. The molecular formula is C17H16. The molecule has 84 valence electrons. The molecule has 1 atom stereocenters. The first-order valence-corrected chi connectivity index (χ1v) is 6.08. The van der Waals surface area contributed by atoms with Gasteiger partial charge in [-0.1, -0.05) is 55.5 Å². The standard InChI is InChI=1S/C17H16/c1-4-13-6-8-15-12(3)14-7-5-11(2)9-16(14)17(15)10-13/h4-10,12H,1H2,2-3H3. The Morgan fingerprint density at radius 2 is 1.65 bits per heavy atom. The highest BCUT2D eigenvalue weighted by atomic mass is 14.3. The number of fused-ring (bicyclic) bond motifs is 3. The molecule has 0 spiro atoms. The van der Waals surface area contributed by atoms with Gasteiger partial charge in [0, 0.05) is 5.92 Å². The van der Waals surface area contributed by atoms with E-state index < -0.39 is 0 Å². The van der Waals surface area contributed by atoms with Crippen LogP contribution in [-0.2, 0) is 0 Å². The average molecular weight is 220 g/mol. The zero-order valence-corrected chi connectivity index (χ0v) is 10.3. The van der Waals surface area contributed by atoms with Gasteiger partial charge < -0.3 is 0 Å². The van der Waals surface area contributed by atoms with E-state index in [0.717, 1.165) is 0 Å². The van der Waals surface area contributed by atoms with E-state index in [1.807, 2.05) is 6.08 Å². The highest BCUT2D eigenvalue weighted by Crippen LogP contribution is 2.45. The van der Waals surface area contributed by atoms with Gasteiger partial charge >= 0.3 is 0 Å². The van der Waals surface area contributed by atoms with Gasteiger partial charge in [-0.25, -0.2) is 0 Å². The predicted octanol–water partition coefficient (Wildman–Crippen LogP) is 4.77. The van der Waals surface area contributed by atoms with Crippen LogP contribution in [0, 0.1) is 6.92 Å². The first-order chi connectivity index (χ1) is 8.20. The Balaban J connectivity index is 2.30. The molecule has 0 heterocycles. The predicted molar refractivity (Wildman–Crippen MR) is 74.2 cm³/mol. The molecule has 0 amide bonds. The molecule has 0 aromatic heterocycles. The van der Waals surface area contributed by atoms with Crippen molar-refractivity contribution in [3.63, 3.8) is 0 Å². The second kappa shape index (κ2) is 3.59. The maximum atomic E-state index is 3.85. The summed E-state index contributed by atoms with van der Waals surface area (Å²) >= 11 is 0. The fraction of sp³-hybridized carbons (Fsp3) is 0.176. The minimum Gasteiger partial charge on any atom is -0.0985 e. The summed E-state index contributed by atoms with van der Waals surface area (Å²) in [5.74, 6) is 0.513. The number of hydrogen-bond acceptors (Lipinski definition) is 0. The van der Waals surface area contributed by atoms with Gasteiger partial charge in [-0.15, -0.1) is 0 Å².